The predicted octanol–water partition coefficient (Wildman–Crippen LogP) is 3.33. The number of benzene rings is 2. The molecule has 0 bridgehead atoms. The monoisotopic (exact) mass is 317 g/mol. The molecule has 114 valence electrons. The van der Waals surface area contributed by atoms with Gasteiger partial charge in [0.1, 0.15) is 11.9 Å². The summed E-state index contributed by atoms with van der Waals surface area (Å²) < 4.78 is 5.71. The smallest absolute Gasteiger partial charge is 0.323 e. The molecule has 1 aliphatic heterocycles. The lowest BCUT2D eigenvalue weighted by Gasteiger charge is -2.27. The summed E-state index contributed by atoms with van der Waals surface area (Å²) in [4.78, 5) is 11.9. The predicted molar refractivity (Wildman–Crippen MR) is 87.8 cm³/mol. The molecule has 0 unspecified atom stereocenters. The Kier molecular flexibility index (Phi) is 4.46. The summed E-state index contributed by atoms with van der Waals surface area (Å²) in [5, 5.41) is 9.27. The number of carbonyl (C=O) groups excluding carboxylic acids is 1. The molecule has 0 saturated carbocycles. The summed E-state index contributed by atoms with van der Waals surface area (Å²) in [6.45, 7) is 1.76. The van der Waals surface area contributed by atoms with E-state index in [-0.39, 0.29) is 12.1 Å². The number of halogens is 1. The standard InChI is InChI=1S/C16H16ClN3O2/c17-11-1-3-12(4-2-11)19-16(21)20-13-5-7-14(8-6-13)22-15-9-18-10-15/h1-8,15,18H,9-10H2,(H2,19,20,21). The summed E-state index contributed by atoms with van der Waals surface area (Å²) in [7, 11) is 0. The molecule has 2 aromatic carbocycles. The largest absolute Gasteiger partial charge is 0.488 e. The Labute approximate surface area is 133 Å². The zero-order chi connectivity index (χ0) is 15.4. The molecule has 0 aliphatic carbocycles. The van der Waals surface area contributed by atoms with Gasteiger partial charge in [-0.1, -0.05) is 11.6 Å². The van der Waals surface area contributed by atoms with Crippen LogP contribution in [0.25, 0.3) is 0 Å². The van der Waals surface area contributed by atoms with Crippen LogP contribution in [0.15, 0.2) is 48.5 Å². The number of nitrogens with one attached hydrogen (secondary N) is 3. The van der Waals surface area contributed by atoms with Gasteiger partial charge in [-0.05, 0) is 48.5 Å². The van der Waals surface area contributed by atoms with Crippen molar-refractivity contribution in [3.05, 3.63) is 53.6 Å². The summed E-state index contributed by atoms with van der Waals surface area (Å²) >= 11 is 5.80. The molecule has 2 aromatic rings. The molecule has 1 fully saturated rings. The van der Waals surface area contributed by atoms with Crippen LogP contribution in [0.1, 0.15) is 0 Å². The second-order valence-corrected chi connectivity index (χ2v) is 5.44. The van der Waals surface area contributed by atoms with Gasteiger partial charge in [0.15, 0.2) is 0 Å². The maximum Gasteiger partial charge on any atom is 0.323 e. The van der Waals surface area contributed by atoms with Gasteiger partial charge in [0.2, 0.25) is 0 Å². The average Bonchev–Trinajstić information content (AvgIpc) is 2.47. The number of anilines is 2. The van der Waals surface area contributed by atoms with Crippen molar-refractivity contribution >= 4 is 29.0 Å². The molecule has 3 rings (SSSR count). The summed E-state index contributed by atoms with van der Waals surface area (Å²) in [6, 6.07) is 13.9. The van der Waals surface area contributed by atoms with Gasteiger partial charge in [-0.2, -0.15) is 0 Å². The fourth-order valence-electron chi connectivity index (χ4n) is 1.98. The first-order valence-corrected chi connectivity index (χ1v) is 7.38. The highest BCUT2D eigenvalue weighted by Crippen LogP contribution is 2.18. The van der Waals surface area contributed by atoms with Gasteiger partial charge < -0.3 is 20.7 Å². The third kappa shape index (κ3) is 3.90. The molecule has 0 aromatic heterocycles. The van der Waals surface area contributed by atoms with E-state index >= 15 is 0 Å². The fourth-order valence-corrected chi connectivity index (χ4v) is 2.11. The number of hydrogen-bond acceptors (Lipinski definition) is 3. The van der Waals surface area contributed by atoms with E-state index < -0.39 is 0 Å². The Morgan fingerprint density at radius 3 is 2.05 bits per heavy atom. The Morgan fingerprint density at radius 1 is 1.00 bits per heavy atom. The molecule has 1 heterocycles. The van der Waals surface area contributed by atoms with Crippen LogP contribution in [0.5, 0.6) is 5.75 Å². The van der Waals surface area contributed by atoms with Gasteiger partial charge in [-0.3, -0.25) is 0 Å². The zero-order valence-electron chi connectivity index (χ0n) is 11.8. The lowest BCUT2D eigenvalue weighted by molar-refractivity contribution is 0.142. The Morgan fingerprint density at radius 2 is 1.55 bits per heavy atom. The van der Waals surface area contributed by atoms with Crippen LogP contribution in [0.4, 0.5) is 16.2 Å². The first kappa shape index (κ1) is 14.7. The molecule has 1 saturated heterocycles. The summed E-state index contributed by atoms with van der Waals surface area (Å²) in [5.74, 6) is 0.801. The van der Waals surface area contributed by atoms with Gasteiger partial charge in [0.25, 0.3) is 0 Å². The molecule has 1 aliphatic rings. The Hall–Kier alpha value is -2.24. The first-order valence-electron chi connectivity index (χ1n) is 7.00. The maximum absolute atomic E-state index is 11.9. The molecular formula is C16H16ClN3O2. The minimum atomic E-state index is -0.306. The highest BCUT2D eigenvalue weighted by atomic mass is 35.5. The van der Waals surface area contributed by atoms with Gasteiger partial charge in [-0.25, -0.2) is 4.79 Å². The molecule has 5 nitrogen and oxygen atoms in total. The van der Waals surface area contributed by atoms with E-state index in [1.54, 1.807) is 24.3 Å². The van der Waals surface area contributed by atoms with E-state index in [0.29, 0.717) is 16.4 Å². The van der Waals surface area contributed by atoms with Crippen molar-refractivity contribution in [1.29, 1.82) is 0 Å². The third-order valence-electron chi connectivity index (χ3n) is 3.26. The third-order valence-corrected chi connectivity index (χ3v) is 3.51. The number of ether oxygens (including phenoxy) is 1. The second-order valence-electron chi connectivity index (χ2n) is 5.01. The van der Waals surface area contributed by atoms with E-state index in [0.717, 1.165) is 18.8 Å². The highest BCUT2D eigenvalue weighted by molar-refractivity contribution is 6.30. The normalized spacial score (nSPS) is 14.0. The quantitative estimate of drug-likeness (QED) is 0.810. The number of rotatable bonds is 4. The molecule has 6 heteroatoms. The van der Waals surface area contributed by atoms with E-state index in [1.165, 1.54) is 0 Å². The van der Waals surface area contributed by atoms with E-state index in [1.807, 2.05) is 24.3 Å². The average molecular weight is 318 g/mol. The SMILES string of the molecule is O=C(Nc1ccc(Cl)cc1)Nc1ccc(OC2CNC2)cc1. The van der Waals surface area contributed by atoms with Crippen LogP contribution in [-0.2, 0) is 0 Å². The molecule has 22 heavy (non-hydrogen) atoms. The first-order chi connectivity index (χ1) is 10.7. The fraction of sp³-hybridized carbons (Fsp3) is 0.188. The lowest BCUT2D eigenvalue weighted by atomic mass is 10.2. The minimum absolute atomic E-state index is 0.243. The van der Waals surface area contributed by atoms with Crippen molar-refractivity contribution < 1.29 is 9.53 Å². The van der Waals surface area contributed by atoms with Crippen LogP contribution in [-0.4, -0.2) is 25.2 Å². The molecule has 0 radical (unpaired) electrons. The Balaban J connectivity index is 1.53. The zero-order valence-corrected chi connectivity index (χ0v) is 12.6. The van der Waals surface area contributed by atoms with Crippen LogP contribution in [0.3, 0.4) is 0 Å². The van der Waals surface area contributed by atoms with Crippen molar-refractivity contribution in [3.8, 4) is 5.75 Å². The van der Waals surface area contributed by atoms with Crippen molar-refractivity contribution in [2.24, 2.45) is 0 Å². The van der Waals surface area contributed by atoms with Crippen molar-refractivity contribution in [1.82, 2.24) is 5.32 Å². The molecule has 0 spiro atoms. The number of urea groups is 1. The molecule has 2 amide bonds. The van der Waals surface area contributed by atoms with Gasteiger partial charge in [0.05, 0.1) is 0 Å². The van der Waals surface area contributed by atoms with Crippen molar-refractivity contribution in [2.75, 3.05) is 23.7 Å². The molecular weight excluding hydrogens is 302 g/mol. The summed E-state index contributed by atoms with van der Waals surface area (Å²) in [6.07, 6.45) is 0.243. The second kappa shape index (κ2) is 6.68. The topological polar surface area (TPSA) is 62.4 Å². The van der Waals surface area contributed by atoms with Crippen molar-refractivity contribution in [3.63, 3.8) is 0 Å². The highest BCUT2D eigenvalue weighted by Gasteiger charge is 2.17. The van der Waals surface area contributed by atoms with Crippen LogP contribution in [0, 0.1) is 0 Å². The lowest BCUT2D eigenvalue weighted by Crippen LogP contribution is -2.50. The maximum atomic E-state index is 11.9. The Bertz CT molecular complexity index is 639. The van der Waals surface area contributed by atoms with Crippen LogP contribution < -0.4 is 20.7 Å². The van der Waals surface area contributed by atoms with Gasteiger partial charge in [0, 0.05) is 29.5 Å². The van der Waals surface area contributed by atoms with E-state index in [2.05, 4.69) is 16.0 Å². The molecule has 0 atom stereocenters. The number of amides is 2. The molecule has 3 N–H and O–H groups in total. The van der Waals surface area contributed by atoms with Gasteiger partial charge >= 0.3 is 6.03 Å². The van der Waals surface area contributed by atoms with E-state index in [9.17, 15) is 4.79 Å². The van der Waals surface area contributed by atoms with E-state index in [4.69, 9.17) is 16.3 Å². The summed E-state index contributed by atoms with van der Waals surface area (Å²) in [5.41, 5.74) is 1.38. The number of hydrogen-bond donors (Lipinski definition) is 3. The van der Waals surface area contributed by atoms with Gasteiger partial charge in [-0.15, -0.1) is 0 Å². The minimum Gasteiger partial charge on any atom is -0.488 e. The number of carbonyl (C=O) groups is 1. The van der Waals surface area contributed by atoms with Crippen LogP contribution >= 0.6 is 11.6 Å². The van der Waals surface area contributed by atoms with Crippen molar-refractivity contribution in [2.45, 2.75) is 6.10 Å². The van der Waals surface area contributed by atoms with Crippen LogP contribution in [0.2, 0.25) is 5.02 Å².